The molecule has 0 aliphatic heterocycles. The smallest absolute Gasteiger partial charge is 0.259 e. The molecule has 4 heteroatoms. The minimum Gasteiger partial charge on any atom is -0.520 e. The summed E-state index contributed by atoms with van der Waals surface area (Å²) in [6.07, 6.45) is 0. The summed E-state index contributed by atoms with van der Waals surface area (Å²) in [5.74, 6) is 0.802. The standard InChI is InChI=1S/C11H26O2Si2/c1-9-12-11(13-15(6,7)8)10(2)14(3,4)5/h9H2,1-8H3/b11-10+. The van der Waals surface area contributed by atoms with Crippen molar-refractivity contribution in [2.45, 2.75) is 53.1 Å². The molecule has 0 saturated heterocycles. The molecule has 0 aliphatic rings. The van der Waals surface area contributed by atoms with Crippen LogP contribution in [0.25, 0.3) is 0 Å². The molecule has 0 radical (unpaired) electrons. The summed E-state index contributed by atoms with van der Waals surface area (Å²) >= 11 is 0. The van der Waals surface area contributed by atoms with Crippen LogP contribution in [0.4, 0.5) is 0 Å². The third kappa shape index (κ3) is 6.04. The highest BCUT2D eigenvalue weighted by Gasteiger charge is 2.26. The van der Waals surface area contributed by atoms with Gasteiger partial charge in [-0.2, -0.15) is 0 Å². The SMILES string of the molecule is CCO/C(O[Si](C)(C)C)=C(/C)[Si](C)(C)C. The van der Waals surface area contributed by atoms with E-state index in [1.165, 1.54) is 5.20 Å². The zero-order chi connectivity index (χ0) is 12.3. The lowest BCUT2D eigenvalue weighted by molar-refractivity contribution is 0.110. The fourth-order valence-electron chi connectivity index (χ4n) is 0.930. The maximum atomic E-state index is 6.00. The van der Waals surface area contributed by atoms with Crippen LogP contribution in [0.3, 0.4) is 0 Å². The summed E-state index contributed by atoms with van der Waals surface area (Å²) in [5, 5.41) is 1.33. The molecule has 0 unspecified atom stereocenters. The molecule has 0 aromatic heterocycles. The Morgan fingerprint density at radius 1 is 1.00 bits per heavy atom. The van der Waals surface area contributed by atoms with Gasteiger partial charge in [-0.15, -0.1) is 0 Å². The molecule has 0 aromatic rings. The van der Waals surface area contributed by atoms with Gasteiger partial charge in [-0.3, -0.25) is 0 Å². The van der Waals surface area contributed by atoms with E-state index in [0.29, 0.717) is 6.61 Å². The van der Waals surface area contributed by atoms with E-state index in [0.717, 1.165) is 5.95 Å². The Bertz CT molecular complexity index is 234. The Morgan fingerprint density at radius 3 is 1.73 bits per heavy atom. The molecule has 90 valence electrons. The molecule has 0 spiro atoms. The maximum Gasteiger partial charge on any atom is 0.259 e. The molecule has 0 aromatic carbocycles. The predicted octanol–water partition coefficient (Wildman–Crippen LogP) is 3.98. The van der Waals surface area contributed by atoms with Crippen molar-refractivity contribution < 1.29 is 9.16 Å². The van der Waals surface area contributed by atoms with Crippen LogP contribution in [-0.2, 0) is 9.16 Å². The van der Waals surface area contributed by atoms with E-state index in [-0.39, 0.29) is 0 Å². The molecule has 0 bridgehead atoms. The number of hydrogen-bond donors (Lipinski definition) is 0. The Labute approximate surface area is 96.8 Å². The van der Waals surface area contributed by atoms with E-state index in [4.69, 9.17) is 9.16 Å². The summed E-state index contributed by atoms with van der Waals surface area (Å²) in [7, 11) is -2.87. The van der Waals surface area contributed by atoms with Crippen LogP contribution in [0.2, 0.25) is 39.3 Å². The minimum absolute atomic E-state index is 0.682. The largest absolute Gasteiger partial charge is 0.520 e. The van der Waals surface area contributed by atoms with Crippen LogP contribution in [0.15, 0.2) is 11.1 Å². The Morgan fingerprint density at radius 2 is 1.47 bits per heavy atom. The monoisotopic (exact) mass is 246 g/mol. The quantitative estimate of drug-likeness (QED) is 0.539. The van der Waals surface area contributed by atoms with E-state index in [2.05, 4.69) is 46.2 Å². The summed E-state index contributed by atoms with van der Waals surface area (Å²) < 4.78 is 11.6. The molecule has 0 rings (SSSR count). The maximum absolute atomic E-state index is 6.00. The highest BCUT2D eigenvalue weighted by molar-refractivity contribution is 6.83. The second-order valence-electron chi connectivity index (χ2n) is 5.81. The van der Waals surface area contributed by atoms with Gasteiger partial charge in [0.15, 0.2) is 0 Å². The van der Waals surface area contributed by atoms with E-state index in [9.17, 15) is 0 Å². The van der Waals surface area contributed by atoms with Gasteiger partial charge in [-0.1, -0.05) is 19.6 Å². The number of allylic oxidation sites excluding steroid dienone is 1. The van der Waals surface area contributed by atoms with E-state index >= 15 is 0 Å². The van der Waals surface area contributed by atoms with Gasteiger partial charge in [0.1, 0.15) is 0 Å². The molecule has 0 heterocycles. The van der Waals surface area contributed by atoms with Crippen LogP contribution >= 0.6 is 0 Å². The first-order chi connectivity index (χ1) is 6.58. The zero-order valence-corrected chi connectivity index (χ0v) is 13.5. The first kappa shape index (κ1) is 14.8. The number of hydrogen-bond acceptors (Lipinski definition) is 2. The van der Waals surface area contributed by atoms with Gasteiger partial charge in [0.25, 0.3) is 5.95 Å². The highest BCUT2D eigenvalue weighted by atomic mass is 28.4. The molecular formula is C11H26O2Si2. The molecule has 15 heavy (non-hydrogen) atoms. The number of ether oxygens (including phenoxy) is 1. The Hall–Kier alpha value is -0.226. The second kappa shape index (κ2) is 5.21. The van der Waals surface area contributed by atoms with Crippen molar-refractivity contribution in [1.82, 2.24) is 0 Å². The average Bonchev–Trinajstić information content (AvgIpc) is 1.98. The molecule has 0 N–H and O–H groups in total. The van der Waals surface area contributed by atoms with Crippen LogP contribution < -0.4 is 0 Å². The topological polar surface area (TPSA) is 18.5 Å². The van der Waals surface area contributed by atoms with E-state index < -0.39 is 16.4 Å². The lowest BCUT2D eigenvalue weighted by Crippen LogP contribution is -2.31. The molecule has 0 saturated carbocycles. The summed E-state index contributed by atoms with van der Waals surface area (Å²) in [6.45, 7) is 18.3. The van der Waals surface area contributed by atoms with Gasteiger partial charge in [-0.25, -0.2) is 0 Å². The van der Waals surface area contributed by atoms with Gasteiger partial charge in [0.05, 0.1) is 14.7 Å². The fourth-order valence-corrected chi connectivity index (χ4v) is 2.54. The van der Waals surface area contributed by atoms with Crippen LogP contribution in [0.1, 0.15) is 13.8 Å². The van der Waals surface area contributed by atoms with E-state index in [1.807, 2.05) is 6.92 Å². The predicted molar refractivity (Wildman–Crippen MR) is 72.1 cm³/mol. The van der Waals surface area contributed by atoms with Crippen LogP contribution in [0, 0.1) is 0 Å². The summed E-state index contributed by atoms with van der Waals surface area (Å²) in [5.41, 5.74) is 0. The summed E-state index contributed by atoms with van der Waals surface area (Å²) in [6, 6.07) is 0. The fraction of sp³-hybridized carbons (Fsp3) is 0.818. The lowest BCUT2D eigenvalue weighted by atomic mass is 10.7. The summed E-state index contributed by atoms with van der Waals surface area (Å²) in [4.78, 5) is 0. The van der Waals surface area contributed by atoms with Crippen molar-refractivity contribution in [3.63, 3.8) is 0 Å². The van der Waals surface area contributed by atoms with Gasteiger partial charge in [0.2, 0.25) is 8.32 Å². The van der Waals surface area contributed by atoms with Gasteiger partial charge < -0.3 is 9.16 Å². The van der Waals surface area contributed by atoms with Crippen LogP contribution in [-0.4, -0.2) is 23.0 Å². The average molecular weight is 246 g/mol. The molecule has 2 nitrogen and oxygen atoms in total. The molecular weight excluding hydrogens is 220 g/mol. The van der Waals surface area contributed by atoms with Crippen molar-refractivity contribution in [2.75, 3.05) is 6.61 Å². The normalized spacial score (nSPS) is 14.7. The Kier molecular flexibility index (Phi) is 5.13. The third-order valence-corrected chi connectivity index (χ3v) is 5.36. The van der Waals surface area contributed by atoms with Gasteiger partial charge >= 0.3 is 0 Å². The molecule has 0 fully saturated rings. The zero-order valence-electron chi connectivity index (χ0n) is 11.5. The van der Waals surface area contributed by atoms with E-state index in [1.54, 1.807) is 0 Å². The van der Waals surface area contributed by atoms with Crippen molar-refractivity contribution in [1.29, 1.82) is 0 Å². The lowest BCUT2D eigenvalue weighted by Gasteiger charge is -2.27. The van der Waals surface area contributed by atoms with Crippen molar-refractivity contribution in [3.8, 4) is 0 Å². The molecule has 0 amide bonds. The van der Waals surface area contributed by atoms with Gasteiger partial charge in [-0.05, 0) is 38.7 Å². The van der Waals surface area contributed by atoms with Crippen molar-refractivity contribution >= 4 is 16.4 Å². The first-order valence-corrected chi connectivity index (χ1v) is 12.5. The van der Waals surface area contributed by atoms with Crippen molar-refractivity contribution in [3.05, 3.63) is 11.1 Å². The van der Waals surface area contributed by atoms with Crippen LogP contribution in [0.5, 0.6) is 0 Å². The number of rotatable bonds is 5. The van der Waals surface area contributed by atoms with Gasteiger partial charge in [0, 0.05) is 0 Å². The second-order valence-corrected chi connectivity index (χ2v) is 15.5. The Balaban J connectivity index is 4.95. The molecule has 0 atom stereocenters. The highest BCUT2D eigenvalue weighted by Crippen LogP contribution is 2.22. The minimum atomic E-state index is -1.56. The first-order valence-electron chi connectivity index (χ1n) is 5.61. The molecule has 0 aliphatic carbocycles. The van der Waals surface area contributed by atoms with Crippen molar-refractivity contribution in [2.24, 2.45) is 0 Å². The third-order valence-electron chi connectivity index (χ3n) is 2.11.